The summed E-state index contributed by atoms with van der Waals surface area (Å²) >= 11 is 1.21. The summed E-state index contributed by atoms with van der Waals surface area (Å²) < 4.78 is 9.72. The van der Waals surface area contributed by atoms with Gasteiger partial charge in [-0.05, 0) is 30.3 Å². The number of hydrogen-bond donors (Lipinski definition) is 0. The average Bonchev–Trinajstić information content (AvgIpc) is 3.10. The highest BCUT2D eigenvalue weighted by molar-refractivity contribution is 7.03. The zero-order valence-electron chi connectivity index (χ0n) is 10.5. The molecule has 1 aromatic heterocycles. The third kappa shape index (κ3) is 2.03. The molecule has 18 heavy (non-hydrogen) atoms. The summed E-state index contributed by atoms with van der Waals surface area (Å²) in [5.74, 6) is 0.644. The molecule has 98 valence electrons. The van der Waals surface area contributed by atoms with Crippen LogP contribution in [0.4, 0.5) is 0 Å². The van der Waals surface area contributed by atoms with E-state index >= 15 is 0 Å². The molecule has 0 saturated carbocycles. The van der Waals surface area contributed by atoms with Crippen LogP contribution in [0.2, 0.25) is 0 Å². The third-order valence-corrected chi connectivity index (χ3v) is 4.55. The van der Waals surface area contributed by atoms with Gasteiger partial charge in [0.1, 0.15) is 0 Å². The maximum absolute atomic E-state index is 12.2. The van der Waals surface area contributed by atoms with Crippen LogP contribution in [0.1, 0.15) is 36.7 Å². The van der Waals surface area contributed by atoms with Crippen LogP contribution in [0.5, 0.6) is 0 Å². The number of likely N-dealkylation sites (tertiary alicyclic amines) is 1. The number of amides is 1. The Labute approximate surface area is 110 Å². The second-order valence-corrected chi connectivity index (χ2v) is 5.85. The molecule has 6 heteroatoms. The first-order chi connectivity index (χ1) is 8.72. The Morgan fingerprint density at radius 3 is 3.28 bits per heavy atom. The molecular formula is C12H17N3O2S. The van der Waals surface area contributed by atoms with Gasteiger partial charge in [0.05, 0.1) is 18.8 Å². The van der Waals surface area contributed by atoms with Gasteiger partial charge in [0.15, 0.2) is 5.69 Å². The van der Waals surface area contributed by atoms with Crippen molar-refractivity contribution in [3.05, 3.63) is 11.1 Å². The first kappa shape index (κ1) is 12.0. The van der Waals surface area contributed by atoms with Crippen molar-refractivity contribution in [3.63, 3.8) is 0 Å². The van der Waals surface area contributed by atoms with Crippen molar-refractivity contribution in [2.75, 3.05) is 19.7 Å². The summed E-state index contributed by atoms with van der Waals surface area (Å²) in [7, 11) is 0. The van der Waals surface area contributed by atoms with Crippen LogP contribution in [0.15, 0.2) is 5.38 Å². The highest BCUT2D eigenvalue weighted by Crippen LogP contribution is 2.39. The van der Waals surface area contributed by atoms with Crippen molar-refractivity contribution in [2.24, 2.45) is 5.92 Å². The van der Waals surface area contributed by atoms with Crippen LogP contribution >= 0.6 is 11.5 Å². The van der Waals surface area contributed by atoms with Gasteiger partial charge in [-0.25, -0.2) is 0 Å². The molecule has 1 spiro atoms. The molecule has 3 rings (SSSR count). The van der Waals surface area contributed by atoms with Crippen molar-refractivity contribution in [2.45, 2.75) is 31.8 Å². The molecule has 1 aromatic rings. The van der Waals surface area contributed by atoms with Gasteiger partial charge < -0.3 is 9.64 Å². The standard InChI is InChI=1S/C12H17N3O2S/c1-2-9-5-12(17-6-9)3-4-15(8-12)11(16)10-7-18-14-13-10/h7,9H,2-6,8H2,1H3. The summed E-state index contributed by atoms with van der Waals surface area (Å²) in [5.41, 5.74) is 0.377. The molecule has 0 aromatic carbocycles. The van der Waals surface area contributed by atoms with Gasteiger partial charge >= 0.3 is 0 Å². The molecule has 0 radical (unpaired) electrons. The summed E-state index contributed by atoms with van der Waals surface area (Å²) in [6, 6.07) is 0. The molecule has 0 N–H and O–H groups in total. The van der Waals surface area contributed by atoms with Crippen molar-refractivity contribution < 1.29 is 9.53 Å². The largest absolute Gasteiger partial charge is 0.373 e. The Balaban J connectivity index is 1.67. The SMILES string of the molecule is CCC1COC2(CCN(C(=O)c3csnn3)C2)C1. The molecule has 2 aliphatic rings. The molecule has 0 aliphatic carbocycles. The number of aromatic nitrogens is 2. The number of rotatable bonds is 2. The maximum Gasteiger partial charge on any atom is 0.275 e. The smallest absolute Gasteiger partial charge is 0.275 e. The molecule has 5 nitrogen and oxygen atoms in total. The monoisotopic (exact) mass is 267 g/mol. The van der Waals surface area contributed by atoms with E-state index in [1.54, 1.807) is 5.38 Å². The minimum atomic E-state index is -0.0835. The molecular weight excluding hydrogens is 250 g/mol. The molecule has 2 aliphatic heterocycles. The molecule has 1 amide bonds. The van der Waals surface area contributed by atoms with Gasteiger partial charge in [-0.1, -0.05) is 17.8 Å². The lowest BCUT2D eigenvalue weighted by Gasteiger charge is -2.23. The lowest BCUT2D eigenvalue weighted by atomic mass is 9.92. The number of hydrogen-bond acceptors (Lipinski definition) is 5. The molecule has 0 bridgehead atoms. The Bertz CT molecular complexity index is 437. The van der Waals surface area contributed by atoms with Gasteiger partial charge in [-0.15, -0.1) is 5.10 Å². The lowest BCUT2D eigenvalue weighted by Crippen LogP contribution is -2.35. The Morgan fingerprint density at radius 1 is 1.72 bits per heavy atom. The fourth-order valence-corrected chi connectivity index (χ4v) is 3.35. The number of nitrogens with zero attached hydrogens (tertiary/aromatic N) is 3. The van der Waals surface area contributed by atoms with Gasteiger partial charge in [-0.3, -0.25) is 4.79 Å². The molecule has 2 unspecified atom stereocenters. The van der Waals surface area contributed by atoms with Crippen LogP contribution in [-0.4, -0.2) is 45.7 Å². The highest BCUT2D eigenvalue weighted by atomic mass is 32.1. The maximum atomic E-state index is 12.2. The van der Waals surface area contributed by atoms with Crippen LogP contribution in [0.25, 0.3) is 0 Å². The van der Waals surface area contributed by atoms with E-state index in [4.69, 9.17) is 4.74 Å². The van der Waals surface area contributed by atoms with Gasteiger partial charge in [-0.2, -0.15) is 0 Å². The second-order valence-electron chi connectivity index (χ2n) is 5.24. The summed E-state index contributed by atoms with van der Waals surface area (Å²) in [6.45, 7) is 4.52. The predicted molar refractivity (Wildman–Crippen MR) is 67.5 cm³/mol. The topological polar surface area (TPSA) is 55.3 Å². The number of carbonyl (C=O) groups excluding carboxylic acids is 1. The van der Waals surface area contributed by atoms with Crippen LogP contribution in [0, 0.1) is 5.92 Å². The molecule has 2 fully saturated rings. The minimum Gasteiger partial charge on any atom is -0.373 e. The van der Waals surface area contributed by atoms with E-state index in [-0.39, 0.29) is 11.5 Å². The van der Waals surface area contributed by atoms with Gasteiger partial charge in [0.25, 0.3) is 5.91 Å². The second kappa shape index (κ2) is 4.59. The van der Waals surface area contributed by atoms with E-state index in [0.717, 1.165) is 32.4 Å². The summed E-state index contributed by atoms with van der Waals surface area (Å²) in [4.78, 5) is 14.0. The minimum absolute atomic E-state index is 0.0100. The lowest BCUT2D eigenvalue weighted by molar-refractivity contribution is 0.0115. The van der Waals surface area contributed by atoms with Crippen molar-refractivity contribution in [1.29, 1.82) is 0 Å². The zero-order chi connectivity index (χ0) is 12.6. The Hall–Kier alpha value is -1.01. The van der Waals surface area contributed by atoms with Gasteiger partial charge in [0, 0.05) is 11.9 Å². The Kier molecular flexibility index (Phi) is 3.07. The normalized spacial score (nSPS) is 31.4. The van der Waals surface area contributed by atoms with E-state index in [1.165, 1.54) is 11.5 Å². The number of carbonyl (C=O) groups is 1. The van der Waals surface area contributed by atoms with Crippen molar-refractivity contribution >= 4 is 17.4 Å². The quantitative estimate of drug-likeness (QED) is 0.816. The van der Waals surface area contributed by atoms with Crippen LogP contribution in [-0.2, 0) is 4.74 Å². The molecule has 2 atom stereocenters. The predicted octanol–water partition coefficient (Wildman–Crippen LogP) is 1.57. The molecule has 3 heterocycles. The van der Waals surface area contributed by atoms with Crippen molar-refractivity contribution in [1.82, 2.24) is 14.5 Å². The highest BCUT2D eigenvalue weighted by Gasteiger charge is 2.46. The average molecular weight is 267 g/mol. The van der Waals surface area contributed by atoms with E-state index < -0.39 is 0 Å². The fraction of sp³-hybridized carbons (Fsp3) is 0.750. The first-order valence-electron chi connectivity index (χ1n) is 6.43. The van der Waals surface area contributed by atoms with E-state index in [0.29, 0.717) is 18.2 Å². The van der Waals surface area contributed by atoms with E-state index in [1.807, 2.05) is 4.90 Å². The number of ether oxygens (including phenoxy) is 1. The van der Waals surface area contributed by atoms with E-state index in [9.17, 15) is 4.79 Å². The fourth-order valence-electron chi connectivity index (χ4n) is 2.92. The zero-order valence-corrected chi connectivity index (χ0v) is 11.3. The molecule has 2 saturated heterocycles. The first-order valence-corrected chi connectivity index (χ1v) is 7.26. The summed E-state index contributed by atoms with van der Waals surface area (Å²) in [6.07, 6.45) is 3.20. The van der Waals surface area contributed by atoms with E-state index in [2.05, 4.69) is 16.5 Å². The Morgan fingerprint density at radius 2 is 2.61 bits per heavy atom. The van der Waals surface area contributed by atoms with Crippen molar-refractivity contribution in [3.8, 4) is 0 Å². The summed E-state index contributed by atoms with van der Waals surface area (Å²) in [5, 5.41) is 5.55. The third-order valence-electron chi connectivity index (χ3n) is 4.05. The van der Waals surface area contributed by atoms with Gasteiger partial charge in [0.2, 0.25) is 0 Å². The van der Waals surface area contributed by atoms with Crippen LogP contribution in [0.3, 0.4) is 0 Å². The van der Waals surface area contributed by atoms with Crippen LogP contribution < -0.4 is 0 Å².